The fourth-order valence-electron chi connectivity index (χ4n) is 2.34. The molecule has 1 aliphatic rings. The lowest BCUT2D eigenvalue weighted by atomic mass is 10.3. The zero-order valence-electron chi connectivity index (χ0n) is 13.6. The summed E-state index contributed by atoms with van der Waals surface area (Å²) < 4.78 is 5.35. The number of guanidine groups is 1. The second-order valence-electron chi connectivity index (χ2n) is 5.37. The van der Waals surface area contributed by atoms with Crippen LogP contribution in [0.3, 0.4) is 0 Å². The maximum Gasteiger partial charge on any atom is 0.191 e. The van der Waals surface area contributed by atoms with Gasteiger partial charge in [-0.2, -0.15) is 0 Å². The highest BCUT2D eigenvalue weighted by Gasteiger charge is 2.09. The molecule has 0 aromatic carbocycles. The number of thiazole rings is 1. The molecule has 1 fully saturated rings. The van der Waals surface area contributed by atoms with Crippen LogP contribution in [0, 0.1) is 6.92 Å². The van der Waals surface area contributed by atoms with Crippen LogP contribution in [0.4, 0.5) is 0 Å². The number of hydrogen-bond acceptors (Lipinski definition) is 5. The average molecular weight is 325 g/mol. The topological polar surface area (TPSA) is 61.8 Å². The van der Waals surface area contributed by atoms with Gasteiger partial charge in [-0.25, -0.2) is 4.98 Å². The molecule has 0 atom stereocenters. The summed E-state index contributed by atoms with van der Waals surface area (Å²) in [4.78, 5) is 11.1. The Morgan fingerprint density at radius 1 is 1.36 bits per heavy atom. The van der Waals surface area contributed by atoms with E-state index in [2.05, 4.69) is 30.9 Å². The molecule has 2 N–H and O–H groups in total. The summed E-state index contributed by atoms with van der Waals surface area (Å²) in [5, 5.41) is 10.0. The Bertz CT molecular complexity index is 457. The molecule has 2 heterocycles. The number of ether oxygens (including phenoxy) is 1. The molecule has 0 saturated carbocycles. The van der Waals surface area contributed by atoms with Crippen LogP contribution in [-0.4, -0.2) is 68.8 Å². The van der Waals surface area contributed by atoms with Gasteiger partial charge in [-0.1, -0.05) is 0 Å². The number of hydrogen-bond donors (Lipinski definition) is 2. The number of aliphatic imine (C=N–C) groups is 1. The molecule has 1 aromatic rings. The van der Waals surface area contributed by atoms with E-state index in [0.717, 1.165) is 70.4 Å². The molecule has 0 spiro atoms. The van der Waals surface area contributed by atoms with Gasteiger partial charge in [0.25, 0.3) is 0 Å². The third-order valence-electron chi connectivity index (χ3n) is 3.57. The Balaban J connectivity index is 1.54. The van der Waals surface area contributed by atoms with Gasteiger partial charge in [0.15, 0.2) is 5.96 Å². The summed E-state index contributed by atoms with van der Waals surface area (Å²) in [6.07, 6.45) is 2.09. The van der Waals surface area contributed by atoms with Crippen LogP contribution in [-0.2, 0) is 11.2 Å². The lowest BCUT2D eigenvalue weighted by molar-refractivity contribution is 0.0389. The highest BCUT2D eigenvalue weighted by molar-refractivity contribution is 7.09. The van der Waals surface area contributed by atoms with Crippen molar-refractivity contribution in [3.63, 3.8) is 0 Å². The van der Waals surface area contributed by atoms with E-state index in [9.17, 15) is 0 Å². The summed E-state index contributed by atoms with van der Waals surface area (Å²) in [5.41, 5.74) is 1.12. The zero-order valence-corrected chi connectivity index (χ0v) is 14.4. The standard InChI is InChI=1S/C15H27N5OS/c1-13-12-22-14(19-13)4-3-5-17-15(16-2)18-6-7-20-8-10-21-11-9-20/h12H,3-11H2,1-2H3,(H2,16,17,18). The minimum absolute atomic E-state index is 0.850. The summed E-state index contributed by atoms with van der Waals surface area (Å²) in [6.45, 7) is 8.65. The molecule has 0 unspecified atom stereocenters. The molecule has 7 heteroatoms. The molecule has 0 bridgehead atoms. The Hall–Kier alpha value is -1.18. The van der Waals surface area contributed by atoms with Crippen molar-refractivity contribution in [3.05, 3.63) is 16.1 Å². The lowest BCUT2D eigenvalue weighted by Gasteiger charge is -2.26. The van der Waals surface area contributed by atoms with E-state index in [1.165, 1.54) is 5.01 Å². The highest BCUT2D eigenvalue weighted by atomic mass is 32.1. The van der Waals surface area contributed by atoms with Crippen LogP contribution in [0.5, 0.6) is 0 Å². The molecule has 124 valence electrons. The van der Waals surface area contributed by atoms with Gasteiger partial charge in [0.1, 0.15) is 0 Å². The van der Waals surface area contributed by atoms with Crippen LogP contribution < -0.4 is 10.6 Å². The molecule has 0 radical (unpaired) electrons. The van der Waals surface area contributed by atoms with Crippen molar-refractivity contribution in [2.75, 3.05) is 53.0 Å². The lowest BCUT2D eigenvalue weighted by Crippen LogP contribution is -2.44. The number of rotatable bonds is 7. The van der Waals surface area contributed by atoms with E-state index in [1.54, 1.807) is 11.3 Å². The smallest absolute Gasteiger partial charge is 0.191 e. The summed E-state index contributed by atoms with van der Waals surface area (Å²) in [7, 11) is 1.81. The summed E-state index contributed by atoms with van der Waals surface area (Å²) >= 11 is 1.74. The molecule has 0 aliphatic carbocycles. The summed E-state index contributed by atoms with van der Waals surface area (Å²) in [5.74, 6) is 0.878. The first-order chi connectivity index (χ1) is 10.8. The van der Waals surface area contributed by atoms with Crippen molar-refractivity contribution in [2.24, 2.45) is 4.99 Å². The van der Waals surface area contributed by atoms with Crippen LogP contribution >= 0.6 is 11.3 Å². The van der Waals surface area contributed by atoms with Crippen LogP contribution in [0.1, 0.15) is 17.1 Å². The summed E-state index contributed by atoms with van der Waals surface area (Å²) in [6, 6.07) is 0. The van der Waals surface area contributed by atoms with Gasteiger partial charge in [0, 0.05) is 57.3 Å². The zero-order chi connectivity index (χ0) is 15.6. The molecule has 2 rings (SSSR count). The first kappa shape index (κ1) is 17.2. The van der Waals surface area contributed by atoms with Crippen molar-refractivity contribution in [1.29, 1.82) is 0 Å². The van der Waals surface area contributed by atoms with E-state index < -0.39 is 0 Å². The van der Waals surface area contributed by atoms with Gasteiger partial charge in [0.05, 0.1) is 18.2 Å². The third kappa shape index (κ3) is 6.29. The monoisotopic (exact) mass is 325 g/mol. The highest BCUT2D eigenvalue weighted by Crippen LogP contribution is 2.10. The van der Waals surface area contributed by atoms with E-state index >= 15 is 0 Å². The van der Waals surface area contributed by atoms with Crippen LogP contribution in [0.15, 0.2) is 10.4 Å². The molecule has 0 amide bonds. The molecule has 6 nitrogen and oxygen atoms in total. The Labute approximate surface area is 137 Å². The fraction of sp³-hybridized carbons (Fsp3) is 0.733. The molecule has 22 heavy (non-hydrogen) atoms. The normalized spacial score (nSPS) is 16.7. The predicted molar refractivity (Wildman–Crippen MR) is 91.8 cm³/mol. The Morgan fingerprint density at radius 2 is 2.14 bits per heavy atom. The molecule has 1 aliphatic heterocycles. The SMILES string of the molecule is CN=C(NCCCc1nc(C)cs1)NCCN1CCOCC1. The fourth-order valence-corrected chi connectivity index (χ4v) is 3.16. The number of aromatic nitrogens is 1. The minimum Gasteiger partial charge on any atom is -0.379 e. The van der Waals surface area contributed by atoms with Gasteiger partial charge in [-0.15, -0.1) is 11.3 Å². The third-order valence-corrected chi connectivity index (χ3v) is 4.60. The Morgan fingerprint density at radius 3 is 2.82 bits per heavy atom. The second-order valence-corrected chi connectivity index (χ2v) is 6.31. The maximum absolute atomic E-state index is 5.35. The van der Waals surface area contributed by atoms with Gasteiger partial charge < -0.3 is 15.4 Å². The van der Waals surface area contributed by atoms with E-state index in [4.69, 9.17) is 4.74 Å². The number of aryl methyl sites for hydroxylation is 2. The van der Waals surface area contributed by atoms with Crippen molar-refractivity contribution in [3.8, 4) is 0 Å². The van der Waals surface area contributed by atoms with Gasteiger partial charge >= 0.3 is 0 Å². The van der Waals surface area contributed by atoms with Crippen LogP contribution in [0.25, 0.3) is 0 Å². The van der Waals surface area contributed by atoms with Gasteiger partial charge in [0.2, 0.25) is 0 Å². The van der Waals surface area contributed by atoms with Gasteiger partial charge in [-0.05, 0) is 13.3 Å². The van der Waals surface area contributed by atoms with E-state index in [-0.39, 0.29) is 0 Å². The van der Waals surface area contributed by atoms with Crippen molar-refractivity contribution < 1.29 is 4.74 Å². The molecule has 1 saturated heterocycles. The molecule has 1 aromatic heterocycles. The van der Waals surface area contributed by atoms with E-state index in [0.29, 0.717) is 0 Å². The Kier molecular flexibility index (Phi) is 7.62. The quantitative estimate of drug-likeness (QED) is 0.443. The second kappa shape index (κ2) is 9.76. The number of nitrogens with zero attached hydrogens (tertiary/aromatic N) is 3. The molecular formula is C15H27N5OS. The minimum atomic E-state index is 0.850. The number of morpholine rings is 1. The maximum atomic E-state index is 5.35. The average Bonchev–Trinajstić information content (AvgIpc) is 2.96. The number of nitrogens with one attached hydrogen (secondary N) is 2. The van der Waals surface area contributed by atoms with Crippen molar-refractivity contribution in [1.82, 2.24) is 20.5 Å². The predicted octanol–water partition coefficient (Wildman–Crippen LogP) is 0.881. The first-order valence-electron chi connectivity index (χ1n) is 7.93. The van der Waals surface area contributed by atoms with Gasteiger partial charge in [-0.3, -0.25) is 9.89 Å². The largest absolute Gasteiger partial charge is 0.379 e. The van der Waals surface area contributed by atoms with E-state index in [1.807, 2.05) is 14.0 Å². The first-order valence-corrected chi connectivity index (χ1v) is 8.81. The van der Waals surface area contributed by atoms with Crippen molar-refractivity contribution >= 4 is 17.3 Å². The molecular weight excluding hydrogens is 298 g/mol. The van der Waals surface area contributed by atoms with Crippen LogP contribution in [0.2, 0.25) is 0 Å². The van der Waals surface area contributed by atoms with Crippen molar-refractivity contribution in [2.45, 2.75) is 19.8 Å².